The Bertz CT molecular complexity index is 560. The lowest BCUT2D eigenvalue weighted by molar-refractivity contribution is -0.384. The Balaban J connectivity index is 3.33. The number of anilines is 1. The maximum atomic E-state index is 13.3. The van der Waals surface area contributed by atoms with Gasteiger partial charge in [-0.15, -0.1) is 0 Å². The van der Waals surface area contributed by atoms with Crippen LogP contribution in [0.1, 0.15) is 17.3 Å². The Morgan fingerprint density at radius 3 is 2.53 bits per heavy atom. The van der Waals surface area contributed by atoms with Crippen molar-refractivity contribution in [2.75, 3.05) is 5.32 Å². The number of carboxylic acids is 1. The van der Waals surface area contributed by atoms with E-state index in [4.69, 9.17) is 10.8 Å². The molecule has 0 aliphatic carbocycles. The predicted molar refractivity (Wildman–Crippen MR) is 62.3 cm³/mol. The van der Waals surface area contributed by atoms with Crippen LogP contribution >= 0.6 is 0 Å². The van der Waals surface area contributed by atoms with Crippen LogP contribution in [0.2, 0.25) is 0 Å². The molecule has 1 aromatic rings. The van der Waals surface area contributed by atoms with E-state index in [-0.39, 0.29) is 5.69 Å². The van der Waals surface area contributed by atoms with Crippen LogP contribution in [0.5, 0.6) is 0 Å². The van der Waals surface area contributed by atoms with Crippen molar-refractivity contribution in [3.05, 3.63) is 33.6 Å². The Morgan fingerprint density at radius 2 is 2.11 bits per heavy atom. The fourth-order valence-electron chi connectivity index (χ4n) is 1.30. The van der Waals surface area contributed by atoms with Crippen LogP contribution in [0.4, 0.5) is 15.8 Å². The van der Waals surface area contributed by atoms with E-state index >= 15 is 0 Å². The highest BCUT2D eigenvalue weighted by Gasteiger charge is 2.23. The number of hydrogen-bond donors (Lipinski definition) is 3. The number of hydrogen-bond acceptors (Lipinski definition) is 5. The van der Waals surface area contributed by atoms with E-state index in [1.807, 2.05) is 0 Å². The third-order valence-electron chi connectivity index (χ3n) is 2.31. The van der Waals surface area contributed by atoms with Gasteiger partial charge in [0.25, 0.3) is 5.69 Å². The van der Waals surface area contributed by atoms with Gasteiger partial charge < -0.3 is 16.2 Å². The van der Waals surface area contributed by atoms with Gasteiger partial charge in [0.1, 0.15) is 17.5 Å². The van der Waals surface area contributed by atoms with Crippen molar-refractivity contribution in [2.45, 2.75) is 13.0 Å². The second kappa shape index (κ2) is 5.29. The van der Waals surface area contributed by atoms with Crippen LogP contribution < -0.4 is 11.1 Å². The smallest absolute Gasteiger partial charge is 0.338 e. The van der Waals surface area contributed by atoms with Crippen LogP contribution in [-0.4, -0.2) is 27.9 Å². The molecule has 0 saturated heterocycles. The monoisotopic (exact) mass is 271 g/mol. The van der Waals surface area contributed by atoms with Crippen LogP contribution in [-0.2, 0) is 4.79 Å². The summed E-state index contributed by atoms with van der Waals surface area (Å²) in [6, 6.07) is 0.236. The van der Waals surface area contributed by atoms with E-state index in [1.54, 1.807) is 0 Å². The number of carbonyl (C=O) groups excluding carboxylic acids is 1. The topological polar surface area (TPSA) is 136 Å². The van der Waals surface area contributed by atoms with E-state index < -0.39 is 39.9 Å². The van der Waals surface area contributed by atoms with Gasteiger partial charge in [-0.25, -0.2) is 9.18 Å². The molecule has 102 valence electrons. The molecule has 1 rings (SSSR count). The minimum absolute atomic E-state index is 0.296. The first-order valence-electron chi connectivity index (χ1n) is 5.01. The number of nitrogens with one attached hydrogen (secondary N) is 1. The quantitative estimate of drug-likeness (QED) is 0.533. The number of nitro groups is 1. The second-order valence-corrected chi connectivity index (χ2v) is 3.68. The highest BCUT2D eigenvalue weighted by molar-refractivity contribution is 5.91. The minimum Gasteiger partial charge on any atom is -0.478 e. The van der Waals surface area contributed by atoms with Crippen molar-refractivity contribution in [1.82, 2.24) is 0 Å². The highest BCUT2D eigenvalue weighted by Crippen LogP contribution is 2.28. The number of carbonyl (C=O) groups is 2. The lowest BCUT2D eigenvalue weighted by Crippen LogP contribution is -2.32. The molecule has 0 fully saturated rings. The first kappa shape index (κ1) is 14.4. The molecular weight excluding hydrogens is 261 g/mol. The third-order valence-corrected chi connectivity index (χ3v) is 2.31. The lowest BCUT2D eigenvalue weighted by Gasteiger charge is -2.12. The van der Waals surface area contributed by atoms with Crippen LogP contribution in [0.15, 0.2) is 12.1 Å². The molecule has 1 unspecified atom stereocenters. The molecular formula is C10H10FN3O5. The number of primary amides is 1. The van der Waals surface area contributed by atoms with Gasteiger partial charge in [-0.05, 0) is 13.0 Å². The summed E-state index contributed by atoms with van der Waals surface area (Å²) in [5.74, 6) is -3.62. The maximum absolute atomic E-state index is 13.3. The number of aromatic carboxylic acids is 1. The first-order valence-corrected chi connectivity index (χ1v) is 5.01. The molecule has 9 heteroatoms. The minimum atomic E-state index is -1.58. The van der Waals surface area contributed by atoms with Crippen molar-refractivity contribution in [1.29, 1.82) is 0 Å². The van der Waals surface area contributed by atoms with Gasteiger partial charge >= 0.3 is 5.97 Å². The van der Waals surface area contributed by atoms with Crippen molar-refractivity contribution in [2.24, 2.45) is 5.73 Å². The predicted octanol–water partition coefficient (Wildman–Crippen LogP) is 0.718. The Hall–Kier alpha value is -2.71. The van der Waals surface area contributed by atoms with Crippen molar-refractivity contribution in [3.8, 4) is 0 Å². The number of nitrogens with two attached hydrogens (primary N) is 1. The second-order valence-electron chi connectivity index (χ2n) is 3.68. The number of amides is 1. The van der Waals surface area contributed by atoms with Crippen LogP contribution in [0.25, 0.3) is 0 Å². The highest BCUT2D eigenvalue weighted by atomic mass is 19.1. The fraction of sp³-hybridized carbons (Fsp3) is 0.200. The summed E-state index contributed by atoms with van der Waals surface area (Å²) in [5.41, 5.74) is 3.25. The zero-order valence-electron chi connectivity index (χ0n) is 9.71. The molecule has 0 aliphatic heterocycles. The molecule has 0 bridgehead atoms. The normalized spacial score (nSPS) is 11.7. The van der Waals surface area contributed by atoms with Crippen molar-refractivity contribution >= 4 is 23.3 Å². The summed E-state index contributed by atoms with van der Waals surface area (Å²) in [5, 5.41) is 21.8. The standard InChI is InChI=1S/C10H10FN3O5/c1-4(9(12)15)13-7-2-5(10(16)17)6(11)3-8(7)14(18)19/h2-4,13H,1H3,(H2,12,15)(H,16,17). The number of nitro benzene ring substituents is 1. The van der Waals surface area contributed by atoms with E-state index in [2.05, 4.69) is 5.32 Å². The lowest BCUT2D eigenvalue weighted by atomic mass is 10.1. The SMILES string of the molecule is CC(Nc1cc(C(=O)O)c(F)cc1[N+](=O)[O-])C(N)=O. The molecule has 8 nitrogen and oxygen atoms in total. The average molecular weight is 271 g/mol. The van der Waals surface area contributed by atoms with E-state index in [9.17, 15) is 24.1 Å². The van der Waals surface area contributed by atoms with Crippen LogP contribution in [0, 0.1) is 15.9 Å². The largest absolute Gasteiger partial charge is 0.478 e. The average Bonchev–Trinajstić information content (AvgIpc) is 2.29. The van der Waals surface area contributed by atoms with Gasteiger partial charge in [-0.3, -0.25) is 14.9 Å². The van der Waals surface area contributed by atoms with Gasteiger partial charge in [0, 0.05) is 0 Å². The zero-order valence-corrected chi connectivity index (χ0v) is 9.71. The molecule has 1 amide bonds. The molecule has 0 aliphatic rings. The third kappa shape index (κ3) is 3.15. The summed E-state index contributed by atoms with van der Waals surface area (Å²) in [7, 11) is 0. The maximum Gasteiger partial charge on any atom is 0.338 e. The molecule has 0 heterocycles. The summed E-state index contributed by atoms with van der Waals surface area (Å²) in [4.78, 5) is 31.5. The van der Waals surface area contributed by atoms with E-state index in [0.29, 0.717) is 6.07 Å². The van der Waals surface area contributed by atoms with E-state index in [1.165, 1.54) is 6.92 Å². The van der Waals surface area contributed by atoms with Crippen LogP contribution in [0.3, 0.4) is 0 Å². The first-order chi connectivity index (χ1) is 8.73. The Morgan fingerprint density at radius 1 is 1.53 bits per heavy atom. The molecule has 0 spiro atoms. The molecule has 1 aromatic carbocycles. The molecule has 1 atom stereocenters. The Kier molecular flexibility index (Phi) is 4.00. The van der Waals surface area contributed by atoms with Gasteiger partial charge in [0.05, 0.1) is 16.6 Å². The van der Waals surface area contributed by atoms with E-state index in [0.717, 1.165) is 6.07 Å². The van der Waals surface area contributed by atoms with Crippen molar-refractivity contribution in [3.63, 3.8) is 0 Å². The van der Waals surface area contributed by atoms with Gasteiger partial charge in [0.15, 0.2) is 0 Å². The van der Waals surface area contributed by atoms with Gasteiger partial charge in [-0.2, -0.15) is 0 Å². The molecule has 4 N–H and O–H groups in total. The molecule has 0 radical (unpaired) electrons. The Labute approximate surface area is 106 Å². The summed E-state index contributed by atoms with van der Waals surface area (Å²) in [6.07, 6.45) is 0. The van der Waals surface area contributed by atoms with Crippen molar-refractivity contribution < 1.29 is 24.0 Å². The number of nitrogens with zero attached hydrogens (tertiary/aromatic N) is 1. The molecule has 0 saturated carbocycles. The van der Waals surface area contributed by atoms with Gasteiger partial charge in [0.2, 0.25) is 5.91 Å². The number of carboxylic acid groups (broad SMARTS) is 1. The number of rotatable bonds is 5. The van der Waals surface area contributed by atoms with Gasteiger partial charge in [-0.1, -0.05) is 0 Å². The summed E-state index contributed by atoms with van der Waals surface area (Å²) in [6.45, 7) is 1.33. The molecule has 0 aromatic heterocycles. The fourth-order valence-corrected chi connectivity index (χ4v) is 1.30. The summed E-state index contributed by atoms with van der Waals surface area (Å²) >= 11 is 0. The number of benzene rings is 1. The molecule has 19 heavy (non-hydrogen) atoms. The number of halogens is 1. The zero-order chi connectivity index (χ0) is 14.7. The summed E-state index contributed by atoms with van der Waals surface area (Å²) < 4.78 is 13.3.